The van der Waals surface area contributed by atoms with E-state index in [-0.39, 0.29) is 298 Å². The Morgan fingerprint density at radius 3 is 0.670 bits per heavy atom. The molecule has 0 bridgehead atoms. The third-order valence-corrected chi connectivity index (χ3v) is 7.17. The Morgan fingerprint density at radius 1 is 0.184 bits per heavy atom. The van der Waals surface area contributed by atoms with Crippen LogP contribution in [0, 0.1) is 209 Å². The van der Waals surface area contributed by atoms with Crippen molar-refractivity contribution in [1.29, 1.82) is 0 Å². The Bertz CT molecular complexity index is 3080. The molecule has 43 heteroatoms. The summed E-state index contributed by atoms with van der Waals surface area (Å²) in [4.78, 5) is 30.2. The van der Waals surface area contributed by atoms with E-state index in [1.54, 1.807) is 0 Å². The zero-order valence-electron chi connectivity index (χ0n) is 54.7. The Hall–Kier alpha value is -2.71. The number of halogens is 23. The van der Waals surface area contributed by atoms with Gasteiger partial charge in [-0.15, -0.1) is 0 Å². The van der Waals surface area contributed by atoms with E-state index in [0.29, 0.717) is 36.7 Å². The van der Waals surface area contributed by atoms with Crippen LogP contribution in [0.15, 0.2) is 165 Å². The number of aromatic nitrogens is 10. The van der Waals surface area contributed by atoms with E-state index < -0.39 is 135 Å². The summed E-state index contributed by atoms with van der Waals surface area (Å²) in [6.07, 6.45) is 10.3. The van der Waals surface area contributed by atoms with E-state index in [9.17, 15) is 101 Å². The van der Waals surface area contributed by atoms with E-state index >= 15 is 0 Å². The van der Waals surface area contributed by atoms with Gasteiger partial charge >= 0.3 is 0 Å². The van der Waals surface area contributed by atoms with E-state index in [4.69, 9.17) is 0 Å². The third-order valence-electron chi connectivity index (χ3n) is 7.17. The maximum Gasteiger partial charge on any atom is 0.249 e. The van der Waals surface area contributed by atoms with Gasteiger partial charge in [-0.05, 0) is 60.7 Å². The second-order valence-electron chi connectivity index (χ2n) is 13.3. The van der Waals surface area contributed by atoms with Crippen LogP contribution in [-0.4, -0.2) is 49.8 Å². The Morgan fingerprint density at radius 2 is 0.485 bits per heavy atom. The average Bonchev–Trinajstić information content (AvgIpc) is 0.919. The summed E-state index contributed by atoms with van der Waals surface area (Å²) in [6, 6.07) is 13.7. The molecule has 10 nitrogen and oxygen atoms in total. The zero-order chi connectivity index (χ0) is 62.4. The molecule has 0 amide bonds. The fourth-order valence-corrected chi connectivity index (χ4v) is 3.79. The van der Waals surface area contributed by atoms with Crippen LogP contribution in [-0.2, 0) is 224 Å². The third kappa shape index (κ3) is 80.1. The van der Waals surface area contributed by atoms with E-state index in [2.05, 4.69) is 49.8 Å². The fourth-order valence-electron chi connectivity index (χ4n) is 3.79. The molecule has 0 fully saturated rings. The molecule has 10 aromatic heterocycles. The van der Waals surface area contributed by atoms with Crippen LogP contribution in [0.25, 0.3) is 0 Å². The molecule has 568 valence electrons. The average molecular weight is 3160 g/mol. The molecule has 0 aliphatic rings. The summed E-state index contributed by atoms with van der Waals surface area (Å²) in [5, 5.41) is 0. The maximum atomic E-state index is 11.9. The van der Waals surface area contributed by atoms with Crippen LogP contribution >= 0.6 is 0 Å². The first-order valence-electron chi connectivity index (χ1n) is 20.9. The molecule has 0 aliphatic carbocycles. The van der Waals surface area contributed by atoms with Gasteiger partial charge in [0, 0.05) is 291 Å². The molecule has 0 saturated heterocycles. The van der Waals surface area contributed by atoms with Crippen LogP contribution in [0.3, 0.4) is 0 Å². The molecule has 0 saturated carbocycles. The molecule has 0 spiro atoms. The van der Waals surface area contributed by atoms with Gasteiger partial charge in [0.2, 0.25) is 53.5 Å². The molecule has 10 aromatic rings. The molecule has 10 rings (SSSR count). The first-order valence-corrected chi connectivity index (χ1v) is 20.9. The summed E-state index contributed by atoms with van der Waals surface area (Å²) in [6.45, 7) is 0. The molecule has 0 aromatic carbocycles. The number of hydrogen-bond acceptors (Lipinski definition) is 10. The largest absolute Gasteiger partial charge is 0.358 e. The summed E-state index contributed by atoms with van der Waals surface area (Å²) in [5.74, 6) is -20.7. The van der Waals surface area contributed by atoms with Crippen molar-refractivity contribution < 1.29 is 325 Å². The molecule has 10 heterocycles. The standard InChI is InChI=1S/3C5H2F3N.7C5H3F2N.10CH3.10Ta/c2*6-3-1-4(7)5(8)9-2-3;6-3-1-4(7)9-5(8)2-3;2*6-4-1-2-8-3-5(4)7;2*6-4-1-2-8-5(7)3-4;2*6-4-1-2-5(7)8-3-4;6-4-2-1-3-8-5(4)7;;;;;;;;;;;;;;;;;;;;/h3*1-2H;7*1-3H;10*1H3;;;;;;;;;;/q;;;;;;;;;;10*-1;;;;;;;;;;. The van der Waals surface area contributed by atoms with Gasteiger partial charge in [0.05, 0.1) is 37.2 Å². The van der Waals surface area contributed by atoms with Crippen molar-refractivity contribution in [2.45, 2.75) is 0 Å². The van der Waals surface area contributed by atoms with Crippen molar-refractivity contribution in [3.63, 3.8) is 0 Å². The Balaban J connectivity index is -0.0000000404. The molecule has 0 N–H and O–H groups in total. The molecule has 0 aliphatic heterocycles. The minimum Gasteiger partial charge on any atom is -0.358 e. The van der Waals surface area contributed by atoms with Gasteiger partial charge in [-0.3, -0.25) is 9.97 Å². The minimum atomic E-state index is -1.28. The number of nitrogens with zero attached hydrogens (tertiary/aromatic N) is 10. The van der Waals surface area contributed by atoms with Gasteiger partial charge < -0.3 is 74.3 Å². The fraction of sp³-hybridized carbons (Fsp3) is 0. The summed E-state index contributed by atoms with van der Waals surface area (Å²) >= 11 is 0. The maximum absolute atomic E-state index is 11.9. The topological polar surface area (TPSA) is 129 Å². The van der Waals surface area contributed by atoms with Gasteiger partial charge in [-0.2, -0.15) is 44.5 Å². The molecule has 0 unspecified atom stereocenters. The molecule has 0 atom stereocenters. The van der Waals surface area contributed by atoms with Crippen molar-refractivity contribution >= 4 is 0 Å². The van der Waals surface area contributed by atoms with Crippen molar-refractivity contribution in [3.05, 3.63) is 374 Å². The van der Waals surface area contributed by atoms with Crippen molar-refractivity contribution in [2.24, 2.45) is 0 Å². The minimum absolute atomic E-state index is 0. The van der Waals surface area contributed by atoms with Gasteiger partial charge in [0.15, 0.2) is 40.7 Å². The molecular weight excluding hydrogens is 3110 g/mol. The summed E-state index contributed by atoms with van der Waals surface area (Å²) in [5.41, 5.74) is 0. The van der Waals surface area contributed by atoms with Crippen LogP contribution in [0.4, 0.5) is 101 Å². The van der Waals surface area contributed by atoms with Gasteiger partial charge in [0.1, 0.15) is 40.7 Å². The first-order chi connectivity index (χ1) is 39.1. The van der Waals surface area contributed by atoms with Gasteiger partial charge in [-0.1, -0.05) is 0 Å². The Labute approximate surface area is 740 Å². The van der Waals surface area contributed by atoms with Gasteiger partial charge in [0.25, 0.3) is 0 Å². The second-order valence-corrected chi connectivity index (χ2v) is 13.3. The van der Waals surface area contributed by atoms with E-state index in [0.717, 1.165) is 104 Å². The van der Waals surface area contributed by atoms with Crippen molar-refractivity contribution in [3.8, 4) is 0 Å². The monoisotopic (exact) mass is 3160 g/mol. The number of hydrogen-bond donors (Lipinski definition) is 0. The molecular formula is C60H57F23N10Ta10-10. The van der Waals surface area contributed by atoms with Crippen LogP contribution in [0.1, 0.15) is 0 Å². The first kappa shape index (κ1) is 153. The van der Waals surface area contributed by atoms with Crippen LogP contribution in [0.2, 0.25) is 0 Å². The SMILES string of the molecule is Fc1cc(F)nc(F)c1.Fc1ccc(F)nc1.Fc1ccc(F)nc1.Fc1cccnc1F.Fc1ccnc(F)c1.Fc1ccnc(F)c1.Fc1ccncc1F.Fc1ccncc1F.Fc1cnc(F)c(F)c1.Fc1cnc(F)c(F)c1.[CH3-].[CH3-].[CH3-].[CH3-].[CH3-].[CH3-].[CH3-].[CH3-].[CH3-].[CH3-].[Ta].[Ta].[Ta].[Ta].[Ta].[Ta].[Ta].[Ta].[Ta].[Ta]. The van der Waals surface area contributed by atoms with E-state index in [1.807, 2.05) is 0 Å². The van der Waals surface area contributed by atoms with Crippen molar-refractivity contribution in [2.75, 3.05) is 0 Å². The number of pyridine rings is 10. The van der Waals surface area contributed by atoms with Gasteiger partial charge in [-0.25, -0.2) is 96.4 Å². The zero-order valence-corrected chi connectivity index (χ0v) is 86.9. The number of rotatable bonds is 0. The second kappa shape index (κ2) is 89.9. The summed E-state index contributed by atoms with van der Waals surface area (Å²) in [7, 11) is 0. The molecule has 103 heavy (non-hydrogen) atoms. The van der Waals surface area contributed by atoms with Crippen LogP contribution < -0.4 is 0 Å². The van der Waals surface area contributed by atoms with E-state index in [1.165, 1.54) is 24.7 Å². The normalized spacial score (nSPS) is 7.56. The smallest absolute Gasteiger partial charge is 0.249 e. The predicted molar refractivity (Wildman–Crippen MR) is 306 cm³/mol. The molecule has 10 radical (unpaired) electrons. The van der Waals surface area contributed by atoms with Crippen LogP contribution in [0.5, 0.6) is 0 Å². The van der Waals surface area contributed by atoms with Crippen molar-refractivity contribution in [1.82, 2.24) is 49.8 Å². The Kier molecular flexibility index (Phi) is 134. The predicted octanol–water partition coefficient (Wildman–Crippen LogP) is 18.5. The quantitative estimate of drug-likeness (QED) is 0.0822. The summed E-state index contributed by atoms with van der Waals surface area (Å²) < 4.78 is 273.